The lowest BCUT2D eigenvalue weighted by molar-refractivity contribution is -0.134. The van der Waals surface area contributed by atoms with Gasteiger partial charge in [0.1, 0.15) is 5.70 Å². The van der Waals surface area contributed by atoms with Gasteiger partial charge >= 0.3 is 5.97 Å². The van der Waals surface area contributed by atoms with Crippen molar-refractivity contribution in [3.63, 3.8) is 0 Å². The summed E-state index contributed by atoms with van der Waals surface area (Å²) in [5.41, 5.74) is 1.36. The number of pyridine rings is 1. The van der Waals surface area contributed by atoms with Gasteiger partial charge in [-0.1, -0.05) is 12.1 Å². The molecule has 0 saturated heterocycles. The molecule has 0 spiro atoms. The maximum absolute atomic E-state index is 11.0. The lowest BCUT2D eigenvalue weighted by Gasteiger charge is -2.03. The highest BCUT2D eigenvalue weighted by molar-refractivity contribution is 5.96. The van der Waals surface area contributed by atoms with Gasteiger partial charge in [0.2, 0.25) is 5.91 Å². The number of carbonyl (C=O) groups is 2. The molecule has 5 nitrogen and oxygen atoms in total. The quantitative estimate of drug-likeness (QED) is 0.821. The summed E-state index contributed by atoms with van der Waals surface area (Å²) >= 11 is 0. The molecule has 0 aliphatic rings. The maximum Gasteiger partial charge on any atom is 0.352 e. The van der Waals surface area contributed by atoms with Gasteiger partial charge in [0.15, 0.2) is 0 Å². The first-order valence-electron chi connectivity index (χ1n) is 5.63. The van der Waals surface area contributed by atoms with Gasteiger partial charge in [-0.2, -0.15) is 0 Å². The average molecular weight is 256 g/mol. The van der Waals surface area contributed by atoms with Crippen molar-refractivity contribution in [2.75, 3.05) is 0 Å². The van der Waals surface area contributed by atoms with Gasteiger partial charge in [0.05, 0.1) is 5.52 Å². The maximum atomic E-state index is 11.0. The van der Waals surface area contributed by atoms with E-state index >= 15 is 0 Å². The highest BCUT2D eigenvalue weighted by Gasteiger charge is 2.08. The number of aromatic nitrogens is 1. The molecule has 96 valence electrons. The van der Waals surface area contributed by atoms with Gasteiger partial charge < -0.3 is 10.4 Å². The van der Waals surface area contributed by atoms with Crippen LogP contribution in [0.5, 0.6) is 0 Å². The lowest BCUT2D eigenvalue weighted by atomic mass is 10.1. The van der Waals surface area contributed by atoms with Crippen molar-refractivity contribution in [3.05, 3.63) is 47.8 Å². The molecule has 0 aliphatic heterocycles. The van der Waals surface area contributed by atoms with Crippen molar-refractivity contribution >= 4 is 28.9 Å². The Hall–Kier alpha value is -2.69. The van der Waals surface area contributed by atoms with Crippen LogP contribution in [0.2, 0.25) is 0 Å². The second-order valence-corrected chi connectivity index (χ2v) is 4.00. The molecule has 1 amide bonds. The molecule has 1 aromatic carbocycles. The molecule has 0 radical (unpaired) electrons. The van der Waals surface area contributed by atoms with E-state index in [2.05, 4.69) is 10.3 Å². The Morgan fingerprint density at radius 2 is 2.11 bits per heavy atom. The van der Waals surface area contributed by atoms with Crippen LogP contribution >= 0.6 is 0 Å². The Kier molecular flexibility index (Phi) is 3.56. The predicted molar refractivity (Wildman–Crippen MR) is 71.2 cm³/mol. The molecule has 0 saturated carbocycles. The molecule has 5 heteroatoms. The van der Waals surface area contributed by atoms with E-state index in [4.69, 9.17) is 5.11 Å². The number of amides is 1. The molecule has 0 fully saturated rings. The van der Waals surface area contributed by atoms with Gasteiger partial charge in [-0.25, -0.2) is 4.79 Å². The summed E-state index contributed by atoms with van der Waals surface area (Å²) in [5.74, 6) is -1.60. The second kappa shape index (κ2) is 5.30. The minimum atomic E-state index is -1.18. The third-order valence-corrected chi connectivity index (χ3v) is 2.48. The lowest BCUT2D eigenvalue weighted by Crippen LogP contribution is -2.24. The molecule has 2 aromatic rings. The SMILES string of the molecule is CC(=O)N/C(=C/c1ccc2ncccc2c1)C(=O)O. The van der Waals surface area contributed by atoms with E-state index in [0.29, 0.717) is 5.56 Å². The van der Waals surface area contributed by atoms with Crippen LogP contribution in [0, 0.1) is 0 Å². The van der Waals surface area contributed by atoms with E-state index in [0.717, 1.165) is 10.9 Å². The number of nitrogens with zero attached hydrogens (tertiary/aromatic N) is 1. The van der Waals surface area contributed by atoms with Gasteiger partial charge in [-0.05, 0) is 29.8 Å². The Bertz CT molecular complexity index is 677. The van der Waals surface area contributed by atoms with Gasteiger partial charge in [0.25, 0.3) is 0 Å². The van der Waals surface area contributed by atoms with E-state index in [1.807, 2.05) is 18.2 Å². The smallest absolute Gasteiger partial charge is 0.352 e. The summed E-state index contributed by atoms with van der Waals surface area (Å²) in [4.78, 5) is 26.1. The molecular weight excluding hydrogens is 244 g/mol. The number of carbonyl (C=O) groups excluding carboxylic acids is 1. The van der Waals surface area contributed by atoms with E-state index in [9.17, 15) is 9.59 Å². The van der Waals surface area contributed by atoms with E-state index in [1.54, 1.807) is 18.3 Å². The Labute approximate surface area is 109 Å². The number of rotatable bonds is 3. The van der Waals surface area contributed by atoms with Crippen LogP contribution in [0.15, 0.2) is 42.2 Å². The fourth-order valence-corrected chi connectivity index (χ4v) is 1.69. The second-order valence-electron chi connectivity index (χ2n) is 4.00. The van der Waals surface area contributed by atoms with Crippen LogP contribution in [-0.4, -0.2) is 22.0 Å². The summed E-state index contributed by atoms with van der Waals surface area (Å²) in [6.07, 6.45) is 3.11. The third kappa shape index (κ3) is 3.16. The topological polar surface area (TPSA) is 79.3 Å². The van der Waals surface area contributed by atoms with Crippen molar-refractivity contribution < 1.29 is 14.7 Å². The van der Waals surface area contributed by atoms with Crippen molar-refractivity contribution in [2.24, 2.45) is 0 Å². The molecule has 0 bridgehead atoms. The van der Waals surface area contributed by atoms with Crippen LogP contribution in [-0.2, 0) is 9.59 Å². The summed E-state index contributed by atoms with van der Waals surface area (Å²) in [7, 11) is 0. The van der Waals surface area contributed by atoms with Gasteiger partial charge in [0, 0.05) is 18.5 Å². The van der Waals surface area contributed by atoms with Gasteiger partial charge in [-0.15, -0.1) is 0 Å². The number of fused-ring (bicyclic) bond motifs is 1. The Balaban J connectivity index is 2.42. The highest BCUT2D eigenvalue weighted by Crippen LogP contribution is 2.15. The zero-order chi connectivity index (χ0) is 13.8. The third-order valence-electron chi connectivity index (χ3n) is 2.48. The number of benzene rings is 1. The zero-order valence-electron chi connectivity index (χ0n) is 10.3. The highest BCUT2D eigenvalue weighted by atomic mass is 16.4. The Morgan fingerprint density at radius 1 is 1.32 bits per heavy atom. The molecule has 2 rings (SSSR count). The van der Waals surface area contributed by atoms with Crippen LogP contribution in [0.4, 0.5) is 0 Å². The summed E-state index contributed by atoms with van der Waals surface area (Å²) < 4.78 is 0. The largest absolute Gasteiger partial charge is 0.477 e. The molecule has 0 aliphatic carbocycles. The molecule has 2 N–H and O–H groups in total. The first kappa shape index (κ1) is 12.8. The zero-order valence-corrected chi connectivity index (χ0v) is 10.3. The van der Waals surface area contributed by atoms with Gasteiger partial charge in [-0.3, -0.25) is 9.78 Å². The molecule has 1 aromatic heterocycles. The number of nitrogens with one attached hydrogen (secondary N) is 1. The monoisotopic (exact) mass is 256 g/mol. The van der Waals surface area contributed by atoms with E-state index in [-0.39, 0.29) is 5.70 Å². The molecule has 0 unspecified atom stereocenters. The van der Waals surface area contributed by atoms with Crippen molar-refractivity contribution in [2.45, 2.75) is 6.92 Å². The predicted octanol–water partition coefficient (Wildman–Crippen LogP) is 1.80. The summed E-state index contributed by atoms with van der Waals surface area (Å²) in [5, 5.41) is 12.2. The molecule has 0 atom stereocenters. The van der Waals surface area contributed by atoms with E-state index in [1.165, 1.54) is 13.0 Å². The number of aliphatic carboxylic acids is 1. The Morgan fingerprint density at radius 3 is 2.79 bits per heavy atom. The van der Waals surface area contributed by atoms with Crippen LogP contribution in [0.25, 0.3) is 17.0 Å². The molecule has 1 heterocycles. The molecular formula is C14H12N2O3. The minimum absolute atomic E-state index is 0.157. The number of carboxylic acids is 1. The van der Waals surface area contributed by atoms with Crippen LogP contribution in [0.1, 0.15) is 12.5 Å². The molecule has 19 heavy (non-hydrogen) atoms. The number of carboxylic acid groups (broad SMARTS) is 1. The first-order chi connectivity index (χ1) is 9.06. The number of hydrogen-bond acceptors (Lipinski definition) is 3. The number of hydrogen-bond donors (Lipinski definition) is 2. The summed E-state index contributed by atoms with van der Waals surface area (Å²) in [6.45, 7) is 1.26. The normalized spacial score (nSPS) is 11.3. The van der Waals surface area contributed by atoms with Crippen LogP contribution in [0.3, 0.4) is 0 Å². The van der Waals surface area contributed by atoms with Crippen molar-refractivity contribution in [1.29, 1.82) is 0 Å². The summed E-state index contributed by atoms with van der Waals surface area (Å²) in [6, 6.07) is 9.06. The van der Waals surface area contributed by atoms with Crippen LogP contribution < -0.4 is 5.32 Å². The minimum Gasteiger partial charge on any atom is -0.477 e. The standard InChI is InChI=1S/C14H12N2O3/c1-9(17)16-13(14(18)19)8-10-4-5-12-11(7-10)3-2-6-15-12/h2-8H,1H3,(H,16,17)(H,18,19)/b13-8+. The fraction of sp³-hybridized carbons (Fsp3) is 0.0714. The van der Waals surface area contributed by atoms with Crippen molar-refractivity contribution in [3.8, 4) is 0 Å². The van der Waals surface area contributed by atoms with Crippen molar-refractivity contribution in [1.82, 2.24) is 10.3 Å². The van der Waals surface area contributed by atoms with E-state index < -0.39 is 11.9 Å². The first-order valence-corrected chi connectivity index (χ1v) is 5.63. The average Bonchev–Trinajstić information content (AvgIpc) is 2.37. The fourth-order valence-electron chi connectivity index (χ4n) is 1.69.